The summed E-state index contributed by atoms with van der Waals surface area (Å²) in [7, 11) is 0. The summed E-state index contributed by atoms with van der Waals surface area (Å²) >= 11 is 0. The minimum Gasteiger partial charge on any atom is -0.398 e. The summed E-state index contributed by atoms with van der Waals surface area (Å²) in [6.45, 7) is 0. The highest BCUT2D eigenvalue weighted by molar-refractivity contribution is 6.11. The van der Waals surface area contributed by atoms with E-state index in [0.717, 1.165) is 33.4 Å². The summed E-state index contributed by atoms with van der Waals surface area (Å²) in [6.07, 6.45) is 0. The van der Waals surface area contributed by atoms with Gasteiger partial charge in [0.1, 0.15) is 0 Å². The molecule has 0 amide bonds. The van der Waals surface area contributed by atoms with Gasteiger partial charge in [-0.1, -0.05) is 72.8 Å². The molecule has 4 nitrogen and oxygen atoms in total. The van der Waals surface area contributed by atoms with Gasteiger partial charge in [-0.15, -0.1) is 0 Å². The van der Waals surface area contributed by atoms with Crippen LogP contribution in [0.25, 0.3) is 11.1 Å². The topological polar surface area (TPSA) is 104 Å². The molecule has 0 aliphatic heterocycles. The van der Waals surface area contributed by atoms with Crippen molar-refractivity contribution in [3.63, 3.8) is 0 Å². The summed E-state index contributed by atoms with van der Waals surface area (Å²) in [5.41, 5.74) is 33.6. The first-order valence-electron chi connectivity index (χ1n) is 9.71. The van der Waals surface area contributed by atoms with Gasteiger partial charge in [0.2, 0.25) is 0 Å². The Morgan fingerprint density at radius 3 is 0.733 bits per heavy atom. The molecule has 0 saturated heterocycles. The predicted molar refractivity (Wildman–Crippen MR) is 128 cm³/mol. The van der Waals surface area contributed by atoms with Crippen LogP contribution in [-0.4, -0.2) is 0 Å². The minimum absolute atomic E-state index is 0.650. The first-order valence-corrected chi connectivity index (χ1v) is 9.71. The Labute approximate surface area is 176 Å². The summed E-state index contributed by atoms with van der Waals surface area (Å²) in [6, 6.07) is 31.0. The first-order chi connectivity index (χ1) is 14.6. The first kappa shape index (κ1) is 19.2. The molecule has 4 heteroatoms. The maximum atomic E-state index is 6.44. The number of hydrogen-bond acceptors (Lipinski definition) is 4. The summed E-state index contributed by atoms with van der Waals surface area (Å²) in [4.78, 5) is 0. The van der Waals surface area contributed by atoms with E-state index < -0.39 is 0 Å². The smallest absolute Gasteiger partial charge is 0.0394 e. The van der Waals surface area contributed by atoms with E-state index in [2.05, 4.69) is 0 Å². The molecule has 0 aromatic heterocycles. The van der Waals surface area contributed by atoms with Gasteiger partial charge in [0.15, 0.2) is 0 Å². The van der Waals surface area contributed by atoms with E-state index in [1.807, 2.05) is 97.1 Å². The fraction of sp³-hybridized carbons (Fsp3) is 0. The van der Waals surface area contributed by atoms with Gasteiger partial charge in [0, 0.05) is 56.1 Å². The summed E-state index contributed by atoms with van der Waals surface area (Å²) in [5, 5.41) is 0. The van der Waals surface area contributed by atoms with Crippen molar-refractivity contribution in [2.75, 3.05) is 22.9 Å². The minimum atomic E-state index is 0.650. The van der Waals surface area contributed by atoms with Crippen LogP contribution in [0.1, 0.15) is 22.3 Å². The van der Waals surface area contributed by atoms with Crippen molar-refractivity contribution in [1.82, 2.24) is 0 Å². The van der Waals surface area contributed by atoms with Gasteiger partial charge in [-0.3, -0.25) is 0 Å². The maximum absolute atomic E-state index is 6.44. The molecular formula is C26H24N4. The Morgan fingerprint density at radius 2 is 0.533 bits per heavy atom. The van der Waals surface area contributed by atoms with Crippen molar-refractivity contribution in [2.45, 2.75) is 0 Å². The van der Waals surface area contributed by atoms with E-state index in [9.17, 15) is 0 Å². The molecular weight excluding hydrogens is 368 g/mol. The van der Waals surface area contributed by atoms with Crippen molar-refractivity contribution in [2.24, 2.45) is 0 Å². The molecule has 0 unspecified atom stereocenters. The molecule has 8 N–H and O–H groups in total. The van der Waals surface area contributed by atoms with Gasteiger partial charge in [0.25, 0.3) is 0 Å². The number of benzene rings is 4. The molecule has 0 aliphatic carbocycles. The van der Waals surface area contributed by atoms with Gasteiger partial charge < -0.3 is 22.9 Å². The Bertz CT molecular complexity index is 1050. The van der Waals surface area contributed by atoms with E-state index in [0.29, 0.717) is 22.7 Å². The quantitative estimate of drug-likeness (QED) is 0.289. The zero-order chi connectivity index (χ0) is 21.1. The standard InChI is InChI=1S/C26H24N4/c27-21-13-5-1-9-17(21)25(18-10-2-6-14-22(18)28)26(19-11-3-7-15-23(19)29)20-12-4-8-16-24(20)30/h1-16H,27-30H2. The summed E-state index contributed by atoms with van der Waals surface area (Å²) < 4.78 is 0. The highest BCUT2D eigenvalue weighted by Gasteiger charge is 2.21. The van der Waals surface area contributed by atoms with Crippen molar-refractivity contribution in [3.05, 3.63) is 119 Å². The molecule has 0 fully saturated rings. The second-order valence-corrected chi connectivity index (χ2v) is 7.10. The number of para-hydroxylation sites is 4. The third kappa shape index (κ3) is 3.47. The Kier molecular flexibility index (Phi) is 5.14. The van der Waals surface area contributed by atoms with Crippen LogP contribution < -0.4 is 22.9 Å². The highest BCUT2D eigenvalue weighted by Crippen LogP contribution is 2.43. The SMILES string of the molecule is Nc1ccccc1C(=C(c1ccccc1N)c1ccccc1N)c1ccccc1N. The van der Waals surface area contributed by atoms with Crippen LogP contribution in [-0.2, 0) is 0 Å². The van der Waals surface area contributed by atoms with Crippen molar-refractivity contribution in [1.29, 1.82) is 0 Å². The second kappa shape index (κ2) is 8.05. The number of hydrogen-bond donors (Lipinski definition) is 4. The molecule has 4 aromatic rings. The van der Waals surface area contributed by atoms with Crippen LogP contribution in [0.3, 0.4) is 0 Å². The maximum Gasteiger partial charge on any atom is 0.0394 e. The summed E-state index contributed by atoms with van der Waals surface area (Å²) in [5.74, 6) is 0. The van der Waals surface area contributed by atoms with Crippen LogP contribution in [0, 0.1) is 0 Å². The molecule has 0 bridgehead atoms. The van der Waals surface area contributed by atoms with E-state index in [4.69, 9.17) is 22.9 Å². The molecule has 148 valence electrons. The zero-order valence-corrected chi connectivity index (χ0v) is 16.5. The largest absolute Gasteiger partial charge is 0.398 e. The highest BCUT2D eigenvalue weighted by atomic mass is 14.6. The lowest BCUT2D eigenvalue weighted by Gasteiger charge is -2.22. The lowest BCUT2D eigenvalue weighted by Crippen LogP contribution is -2.06. The average molecular weight is 393 g/mol. The number of nitrogens with two attached hydrogens (primary N) is 4. The van der Waals surface area contributed by atoms with Crippen LogP contribution in [0.15, 0.2) is 97.1 Å². The molecule has 0 spiro atoms. The van der Waals surface area contributed by atoms with E-state index in [-0.39, 0.29) is 0 Å². The zero-order valence-electron chi connectivity index (χ0n) is 16.5. The molecule has 0 radical (unpaired) electrons. The fourth-order valence-electron chi connectivity index (χ4n) is 3.73. The normalized spacial score (nSPS) is 10.5. The van der Waals surface area contributed by atoms with Crippen molar-refractivity contribution >= 4 is 33.9 Å². The molecule has 0 aliphatic rings. The molecule has 4 aromatic carbocycles. The Morgan fingerprint density at radius 1 is 0.333 bits per heavy atom. The monoisotopic (exact) mass is 392 g/mol. The van der Waals surface area contributed by atoms with Gasteiger partial charge in [0.05, 0.1) is 0 Å². The van der Waals surface area contributed by atoms with E-state index in [1.54, 1.807) is 0 Å². The lowest BCUT2D eigenvalue weighted by molar-refractivity contribution is 1.50. The number of nitrogen functional groups attached to an aromatic ring is 4. The predicted octanol–water partition coefficient (Wildman–Crippen LogP) is 5.02. The fourth-order valence-corrected chi connectivity index (χ4v) is 3.73. The van der Waals surface area contributed by atoms with Crippen molar-refractivity contribution in [3.8, 4) is 0 Å². The van der Waals surface area contributed by atoms with Crippen LogP contribution >= 0.6 is 0 Å². The van der Waals surface area contributed by atoms with Crippen LogP contribution in [0.2, 0.25) is 0 Å². The molecule has 30 heavy (non-hydrogen) atoms. The molecule has 0 heterocycles. The molecule has 0 saturated carbocycles. The van der Waals surface area contributed by atoms with Gasteiger partial charge >= 0.3 is 0 Å². The Hall–Kier alpha value is -4.18. The van der Waals surface area contributed by atoms with Gasteiger partial charge in [-0.2, -0.15) is 0 Å². The average Bonchev–Trinajstić information content (AvgIpc) is 2.75. The number of anilines is 4. The van der Waals surface area contributed by atoms with E-state index in [1.165, 1.54) is 0 Å². The van der Waals surface area contributed by atoms with E-state index >= 15 is 0 Å². The molecule has 4 rings (SSSR count). The third-order valence-electron chi connectivity index (χ3n) is 5.17. The third-order valence-corrected chi connectivity index (χ3v) is 5.17. The second-order valence-electron chi connectivity index (χ2n) is 7.10. The van der Waals surface area contributed by atoms with Gasteiger partial charge in [-0.05, 0) is 24.3 Å². The lowest BCUT2D eigenvalue weighted by atomic mass is 9.83. The van der Waals surface area contributed by atoms with Crippen LogP contribution in [0.5, 0.6) is 0 Å². The van der Waals surface area contributed by atoms with Crippen LogP contribution in [0.4, 0.5) is 22.7 Å². The van der Waals surface area contributed by atoms with Crippen molar-refractivity contribution < 1.29 is 0 Å². The van der Waals surface area contributed by atoms with Gasteiger partial charge in [-0.25, -0.2) is 0 Å². The molecule has 0 atom stereocenters. The Balaban J connectivity index is 2.23. The number of rotatable bonds is 4.